The molecule has 0 aliphatic heterocycles. The molecule has 110 valence electrons. The summed E-state index contributed by atoms with van der Waals surface area (Å²) in [6.07, 6.45) is 3.23. The first-order chi connectivity index (χ1) is 9.45. The van der Waals surface area contributed by atoms with Crippen molar-refractivity contribution in [2.45, 2.75) is 24.5 Å². The summed E-state index contributed by atoms with van der Waals surface area (Å²) in [4.78, 5) is 15.6. The summed E-state index contributed by atoms with van der Waals surface area (Å²) in [5, 5.41) is -0.762. The van der Waals surface area contributed by atoms with Gasteiger partial charge in [0.05, 0.1) is 24.0 Å². The molecular weight excluding hydrogens is 348 g/mol. The predicted octanol–water partition coefficient (Wildman–Crippen LogP) is 1.93. The van der Waals surface area contributed by atoms with E-state index in [-0.39, 0.29) is 0 Å². The van der Waals surface area contributed by atoms with E-state index < -0.39 is 27.2 Å². The number of esters is 1. The van der Waals surface area contributed by atoms with Gasteiger partial charge in [0.1, 0.15) is 4.60 Å². The number of aromatic nitrogens is 1. The molecule has 2 rings (SSSR count). The van der Waals surface area contributed by atoms with Gasteiger partial charge in [-0.25, -0.2) is 13.4 Å². The first-order valence-corrected chi connectivity index (χ1v) is 8.49. The van der Waals surface area contributed by atoms with Crippen molar-refractivity contribution in [1.29, 1.82) is 0 Å². The standard InChI is InChI=1S/C12H15BrN2O4S/c1-19-12(16)8-4-2-6-10(8)20(17,18)15-9-5-3-7-14-11(9)13/h3,5,7-8,10,15H,2,4,6H2,1H3. The number of methoxy groups -OCH3 is 1. The van der Waals surface area contributed by atoms with Crippen LogP contribution in [0, 0.1) is 5.92 Å². The number of rotatable bonds is 4. The van der Waals surface area contributed by atoms with E-state index in [4.69, 9.17) is 0 Å². The molecular formula is C12H15BrN2O4S. The molecule has 1 aromatic heterocycles. The van der Waals surface area contributed by atoms with Gasteiger partial charge in [-0.3, -0.25) is 9.52 Å². The Kier molecular flexibility index (Phi) is 4.64. The number of halogens is 1. The van der Waals surface area contributed by atoms with E-state index in [1.165, 1.54) is 7.11 Å². The van der Waals surface area contributed by atoms with E-state index in [1.807, 2.05) is 0 Å². The zero-order chi connectivity index (χ0) is 14.8. The maximum Gasteiger partial charge on any atom is 0.310 e. The first-order valence-electron chi connectivity index (χ1n) is 6.15. The van der Waals surface area contributed by atoms with Crippen molar-refractivity contribution in [2.24, 2.45) is 5.92 Å². The normalized spacial score (nSPS) is 22.5. The van der Waals surface area contributed by atoms with Crippen LogP contribution in [0.3, 0.4) is 0 Å². The van der Waals surface area contributed by atoms with Crippen LogP contribution in [0.2, 0.25) is 0 Å². The van der Waals surface area contributed by atoms with E-state index in [2.05, 4.69) is 30.4 Å². The lowest BCUT2D eigenvalue weighted by Crippen LogP contribution is -2.35. The second-order valence-electron chi connectivity index (χ2n) is 4.59. The minimum atomic E-state index is -3.66. The molecule has 1 saturated carbocycles. The molecule has 1 fully saturated rings. The van der Waals surface area contributed by atoms with E-state index in [1.54, 1.807) is 18.3 Å². The third-order valence-electron chi connectivity index (χ3n) is 3.37. The number of nitrogens with one attached hydrogen (secondary N) is 1. The number of carbonyl (C=O) groups is 1. The molecule has 1 N–H and O–H groups in total. The van der Waals surface area contributed by atoms with Crippen LogP contribution in [0.25, 0.3) is 0 Å². The summed E-state index contributed by atoms with van der Waals surface area (Å²) >= 11 is 3.19. The Hall–Kier alpha value is -1.15. The summed E-state index contributed by atoms with van der Waals surface area (Å²) in [5.41, 5.74) is 0.364. The van der Waals surface area contributed by atoms with Crippen LogP contribution in [0.4, 0.5) is 5.69 Å². The number of hydrogen-bond acceptors (Lipinski definition) is 5. The molecule has 2 unspecified atom stereocenters. The maximum absolute atomic E-state index is 12.4. The van der Waals surface area contributed by atoms with Gasteiger partial charge in [0.25, 0.3) is 0 Å². The average molecular weight is 363 g/mol. The van der Waals surface area contributed by atoms with Crippen LogP contribution in [0.5, 0.6) is 0 Å². The predicted molar refractivity (Wildman–Crippen MR) is 77.6 cm³/mol. The van der Waals surface area contributed by atoms with Gasteiger partial charge in [-0.2, -0.15) is 0 Å². The number of sulfonamides is 1. The van der Waals surface area contributed by atoms with Crippen molar-refractivity contribution in [3.63, 3.8) is 0 Å². The summed E-state index contributed by atoms with van der Waals surface area (Å²) in [5.74, 6) is -1.07. The lowest BCUT2D eigenvalue weighted by molar-refractivity contribution is -0.145. The van der Waals surface area contributed by atoms with Crippen molar-refractivity contribution in [1.82, 2.24) is 4.98 Å². The molecule has 2 atom stereocenters. The molecule has 8 heteroatoms. The van der Waals surface area contributed by atoms with Gasteiger partial charge in [-0.15, -0.1) is 0 Å². The molecule has 20 heavy (non-hydrogen) atoms. The van der Waals surface area contributed by atoms with Crippen LogP contribution in [-0.2, 0) is 19.6 Å². The minimum Gasteiger partial charge on any atom is -0.469 e. The van der Waals surface area contributed by atoms with E-state index in [9.17, 15) is 13.2 Å². The molecule has 0 spiro atoms. The molecule has 1 aromatic rings. The summed E-state index contributed by atoms with van der Waals surface area (Å²) in [7, 11) is -2.39. The van der Waals surface area contributed by atoms with E-state index in [0.29, 0.717) is 29.6 Å². The quantitative estimate of drug-likeness (QED) is 0.653. The number of anilines is 1. The molecule has 0 bridgehead atoms. The molecule has 1 aliphatic carbocycles. The zero-order valence-electron chi connectivity index (χ0n) is 10.9. The largest absolute Gasteiger partial charge is 0.469 e. The molecule has 1 aliphatic rings. The van der Waals surface area contributed by atoms with Crippen molar-refractivity contribution < 1.29 is 17.9 Å². The van der Waals surface area contributed by atoms with Crippen LogP contribution >= 0.6 is 15.9 Å². The van der Waals surface area contributed by atoms with Gasteiger partial charge >= 0.3 is 5.97 Å². The Labute approximate surface area is 126 Å². The highest BCUT2D eigenvalue weighted by molar-refractivity contribution is 9.10. The van der Waals surface area contributed by atoms with Gasteiger partial charge in [0.15, 0.2) is 0 Å². The fourth-order valence-corrected chi connectivity index (χ4v) is 4.67. The number of hydrogen-bond donors (Lipinski definition) is 1. The molecule has 0 amide bonds. The monoisotopic (exact) mass is 362 g/mol. The van der Waals surface area contributed by atoms with Crippen LogP contribution < -0.4 is 4.72 Å². The van der Waals surface area contributed by atoms with E-state index in [0.717, 1.165) is 0 Å². The summed E-state index contributed by atoms with van der Waals surface area (Å²) in [6.45, 7) is 0. The third kappa shape index (κ3) is 3.12. The Morgan fingerprint density at radius 1 is 1.50 bits per heavy atom. The number of pyridine rings is 1. The fraction of sp³-hybridized carbons (Fsp3) is 0.500. The van der Waals surface area contributed by atoms with Gasteiger partial charge in [0, 0.05) is 6.20 Å². The highest BCUT2D eigenvalue weighted by Gasteiger charge is 2.42. The van der Waals surface area contributed by atoms with Crippen molar-refractivity contribution in [2.75, 3.05) is 11.8 Å². The van der Waals surface area contributed by atoms with E-state index >= 15 is 0 Å². The lowest BCUT2D eigenvalue weighted by atomic mass is 10.1. The highest BCUT2D eigenvalue weighted by Crippen LogP contribution is 2.33. The van der Waals surface area contributed by atoms with Crippen LogP contribution in [0.15, 0.2) is 22.9 Å². The molecule has 6 nitrogen and oxygen atoms in total. The van der Waals surface area contributed by atoms with Gasteiger partial charge in [-0.05, 0) is 40.9 Å². The Morgan fingerprint density at radius 2 is 2.25 bits per heavy atom. The van der Waals surface area contributed by atoms with Crippen molar-refractivity contribution >= 4 is 37.6 Å². The van der Waals surface area contributed by atoms with Gasteiger partial charge < -0.3 is 4.74 Å². The second kappa shape index (κ2) is 6.09. The number of ether oxygens (including phenoxy) is 1. The first kappa shape index (κ1) is 15.2. The zero-order valence-corrected chi connectivity index (χ0v) is 13.3. The minimum absolute atomic E-state index is 0.364. The number of carbonyl (C=O) groups excluding carboxylic acids is 1. The van der Waals surface area contributed by atoms with Crippen molar-refractivity contribution in [3.05, 3.63) is 22.9 Å². The molecule has 1 heterocycles. The lowest BCUT2D eigenvalue weighted by Gasteiger charge is -2.19. The molecule has 0 radical (unpaired) electrons. The number of nitrogens with zero attached hydrogens (tertiary/aromatic N) is 1. The Bertz CT molecular complexity index is 605. The van der Waals surface area contributed by atoms with Crippen LogP contribution in [0.1, 0.15) is 19.3 Å². The van der Waals surface area contributed by atoms with Crippen LogP contribution in [-0.4, -0.2) is 31.7 Å². The topological polar surface area (TPSA) is 85.4 Å². The maximum atomic E-state index is 12.4. The third-order valence-corrected chi connectivity index (χ3v) is 5.86. The summed E-state index contributed by atoms with van der Waals surface area (Å²) < 4.78 is 32.4. The molecule has 0 aromatic carbocycles. The van der Waals surface area contributed by atoms with Gasteiger partial charge in [0.2, 0.25) is 10.0 Å². The molecule has 0 saturated heterocycles. The van der Waals surface area contributed by atoms with Crippen molar-refractivity contribution in [3.8, 4) is 0 Å². The SMILES string of the molecule is COC(=O)C1CCCC1S(=O)(=O)Nc1cccnc1Br. The average Bonchev–Trinajstić information content (AvgIpc) is 2.90. The Morgan fingerprint density at radius 3 is 2.90 bits per heavy atom. The Balaban J connectivity index is 2.22. The fourth-order valence-electron chi connectivity index (χ4n) is 2.41. The smallest absolute Gasteiger partial charge is 0.310 e. The second-order valence-corrected chi connectivity index (χ2v) is 7.24. The highest BCUT2D eigenvalue weighted by atomic mass is 79.9. The summed E-state index contributed by atoms with van der Waals surface area (Å²) in [6, 6.07) is 3.24. The van der Waals surface area contributed by atoms with Gasteiger partial charge in [-0.1, -0.05) is 6.42 Å².